The Morgan fingerprint density at radius 3 is 1.60 bits per heavy atom. The molecule has 0 bridgehead atoms. The van der Waals surface area contributed by atoms with E-state index in [0.717, 1.165) is 37.8 Å². The van der Waals surface area contributed by atoms with Gasteiger partial charge in [-0.1, -0.05) is 12.1 Å². The largest absolute Gasteiger partial charge is 0.415 e. The van der Waals surface area contributed by atoms with Gasteiger partial charge in [0.25, 0.3) is 17.7 Å². The summed E-state index contributed by atoms with van der Waals surface area (Å²) in [6, 6.07) is 7.69. The molecule has 10 nitrogen and oxygen atoms in total. The summed E-state index contributed by atoms with van der Waals surface area (Å²) in [4.78, 5) is 39.2. The normalized spacial score (nSPS) is 15.1. The highest BCUT2D eigenvalue weighted by Crippen LogP contribution is 2.51. The van der Waals surface area contributed by atoms with Crippen molar-refractivity contribution in [2.24, 2.45) is 0 Å². The Balaban J connectivity index is 0.000000181. The van der Waals surface area contributed by atoms with Crippen LogP contribution in [0.2, 0.25) is 0 Å². The third-order valence-electron chi connectivity index (χ3n) is 8.99. The van der Waals surface area contributed by atoms with Crippen LogP contribution in [-0.2, 0) is 28.5 Å². The van der Waals surface area contributed by atoms with Crippen molar-refractivity contribution in [1.29, 1.82) is 0 Å². The number of rotatable bonds is 12. The first kappa shape index (κ1) is 37.1. The maximum Gasteiger partial charge on any atom is 0.315 e. The molecular formula is C35H27F8N7O3. The van der Waals surface area contributed by atoms with Crippen molar-refractivity contribution in [2.75, 3.05) is 6.54 Å². The molecule has 2 fully saturated rings. The zero-order chi connectivity index (χ0) is 37.9. The Hall–Kier alpha value is -5.68. The van der Waals surface area contributed by atoms with Gasteiger partial charge in [-0.05, 0) is 61.1 Å². The molecule has 1 N–H and O–H groups in total. The van der Waals surface area contributed by atoms with Crippen molar-refractivity contribution >= 4 is 11.7 Å². The van der Waals surface area contributed by atoms with E-state index in [9.17, 15) is 44.7 Å². The summed E-state index contributed by atoms with van der Waals surface area (Å²) < 4.78 is 107. The van der Waals surface area contributed by atoms with Crippen molar-refractivity contribution in [2.45, 2.75) is 62.2 Å². The van der Waals surface area contributed by atoms with Gasteiger partial charge >= 0.3 is 12.9 Å². The van der Waals surface area contributed by atoms with Crippen LogP contribution in [0.15, 0.2) is 65.6 Å². The van der Waals surface area contributed by atoms with Gasteiger partial charge in [0.05, 0.1) is 17.7 Å². The molecule has 7 rings (SSSR count). The molecule has 2 aliphatic carbocycles. The topological polar surface area (TPSA) is 137 Å². The lowest BCUT2D eigenvalue weighted by molar-refractivity contribution is -0.131. The van der Waals surface area contributed by atoms with Gasteiger partial charge in [0.15, 0.2) is 29.1 Å². The van der Waals surface area contributed by atoms with Gasteiger partial charge in [0.2, 0.25) is 0 Å². The lowest BCUT2D eigenvalue weighted by Gasteiger charge is -2.15. The van der Waals surface area contributed by atoms with Gasteiger partial charge in [-0.25, -0.2) is 37.5 Å². The number of carbonyl (C=O) groups excluding carboxylic acids is 2. The minimum Gasteiger partial charge on any atom is -0.415 e. The summed E-state index contributed by atoms with van der Waals surface area (Å²) in [5.74, 6) is -5.63. The molecule has 53 heavy (non-hydrogen) atoms. The van der Waals surface area contributed by atoms with E-state index >= 15 is 0 Å². The summed E-state index contributed by atoms with van der Waals surface area (Å²) in [7, 11) is 0. The zero-order valence-corrected chi connectivity index (χ0v) is 27.3. The maximum atomic E-state index is 13.5. The molecule has 3 aromatic heterocycles. The van der Waals surface area contributed by atoms with E-state index in [0.29, 0.717) is 41.2 Å². The van der Waals surface area contributed by atoms with Crippen molar-refractivity contribution in [1.82, 2.24) is 35.5 Å². The van der Waals surface area contributed by atoms with Gasteiger partial charge in [0.1, 0.15) is 11.6 Å². The summed E-state index contributed by atoms with van der Waals surface area (Å²) in [6.07, 6.45) is 3.35. The number of carbonyl (C=O) groups is 2. The van der Waals surface area contributed by atoms with Gasteiger partial charge < -0.3 is 9.73 Å². The Labute approximate surface area is 295 Å². The lowest BCUT2D eigenvalue weighted by Crippen LogP contribution is -2.34. The summed E-state index contributed by atoms with van der Waals surface area (Å²) in [5.41, 5.74) is 1.12. The molecule has 276 valence electrons. The van der Waals surface area contributed by atoms with Crippen molar-refractivity contribution in [3.63, 3.8) is 0 Å². The molecule has 18 heteroatoms. The SMILES string of the molecule is Fc1ccc(C2(Cc3ncc(-c4nnc(C(F)F)o4)cn3)CC2)cc1F.O=C(CNC(=O)C(F)F)c1cnc(CC2(c3ccc(F)c(F)c3)CC2)nc1. The molecule has 1 amide bonds. The van der Waals surface area contributed by atoms with E-state index in [4.69, 9.17) is 4.42 Å². The second kappa shape index (κ2) is 15.1. The smallest absolute Gasteiger partial charge is 0.315 e. The zero-order valence-electron chi connectivity index (χ0n) is 27.3. The molecule has 0 saturated heterocycles. The number of hydrogen-bond acceptors (Lipinski definition) is 9. The Kier molecular flexibility index (Phi) is 10.6. The fourth-order valence-corrected chi connectivity index (χ4v) is 5.63. The first-order valence-electron chi connectivity index (χ1n) is 16.0. The predicted molar refractivity (Wildman–Crippen MR) is 168 cm³/mol. The number of halogens is 8. The Bertz CT molecular complexity index is 2110. The molecule has 2 saturated carbocycles. The third kappa shape index (κ3) is 8.69. The Morgan fingerprint density at radius 2 is 1.19 bits per heavy atom. The molecule has 5 aromatic rings. The number of benzene rings is 2. The molecular weight excluding hydrogens is 718 g/mol. The summed E-state index contributed by atoms with van der Waals surface area (Å²) in [5, 5.41) is 8.60. The van der Waals surface area contributed by atoms with Crippen molar-refractivity contribution in [3.8, 4) is 11.5 Å². The minimum absolute atomic E-state index is 0.0750. The highest BCUT2D eigenvalue weighted by molar-refractivity contribution is 5.99. The monoisotopic (exact) mass is 745 g/mol. The number of ketones is 1. The second-order valence-electron chi connectivity index (χ2n) is 12.6. The number of Topliss-reactive ketones (excluding diaryl/α,β-unsaturated/α-hetero) is 1. The molecule has 0 spiro atoms. The van der Waals surface area contributed by atoms with Crippen LogP contribution in [0.25, 0.3) is 11.5 Å². The molecule has 2 aliphatic rings. The molecule has 0 radical (unpaired) electrons. The number of aromatic nitrogens is 6. The quantitative estimate of drug-likeness (QED) is 0.111. The number of alkyl halides is 4. The number of nitrogens with one attached hydrogen (secondary N) is 1. The number of hydrogen-bond donors (Lipinski definition) is 1. The van der Waals surface area contributed by atoms with Crippen LogP contribution in [0, 0.1) is 23.3 Å². The van der Waals surface area contributed by atoms with E-state index in [1.807, 2.05) is 5.32 Å². The van der Waals surface area contributed by atoms with Crippen LogP contribution in [0.5, 0.6) is 0 Å². The molecule has 3 heterocycles. The predicted octanol–water partition coefficient (Wildman–Crippen LogP) is 6.61. The highest BCUT2D eigenvalue weighted by atomic mass is 19.3. The third-order valence-corrected chi connectivity index (χ3v) is 8.99. The van der Waals surface area contributed by atoms with Gasteiger partial charge in [-0.3, -0.25) is 9.59 Å². The van der Waals surface area contributed by atoms with Crippen molar-refractivity contribution in [3.05, 3.63) is 119 Å². The maximum absolute atomic E-state index is 13.5. The minimum atomic E-state index is -3.19. The van der Waals surface area contributed by atoms with Crippen LogP contribution in [-0.4, -0.2) is 54.8 Å². The molecule has 0 aliphatic heterocycles. The molecule has 0 unspecified atom stereocenters. The molecule has 0 atom stereocenters. The average molecular weight is 746 g/mol. The first-order chi connectivity index (χ1) is 25.3. The van der Waals surface area contributed by atoms with E-state index in [2.05, 4.69) is 30.1 Å². The number of nitrogens with zero attached hydrogens (tertiary/aromatic N) is 6. The van der Waals surface area contributed by atoms with E-state index < -0.39 is 60.2 Å². The molecule has 2 aromatic carbocycles. The van der Waals surface area contributed by atoms with Crippen LogP contribution >= 0.6 is 0 Å². The summed E-state index contributed by atoms with van der Waals surface area (Å²) >= 11 is 0. The fourth-order valence-electron chi connectivity index (χ4n) is 5.63. The van der Waals surface area contributed by atoms with Crippen LogP contribution < -0.4 is 5.32 Å². The van der Waals surface area contributed by atoms with Crippen LogP contribution in [0.1, 0.15) is 71.1 Å². The van der Waals surface area contributed by atoms with Crippen molar-refractivity contribution < 1.29 is 49.1 Å². The van der Waals surface area contributed by atoms with Crippen LogP contribution in [0.4, 0.5) is 35.1 Å². The van der Waals surface area contributed by atoms with Gasteiger partial charge in [-0.15, -0.1) is 10.2 Å². The lowest BCUT2D eigenvalue weighted by atomic mass is 9.92. The van der Waals surface area contributed by atoms with E-state index in [-0.39, 0.29) is 22.3 Å². The Morgan fingerprint density at radius 1 is 0.698 bits per heavy atom. The first-order valence-corrected chi connectivity index (χ1v) is 16.0. The second-order valence-corrected chi connectivity index (χ2v) is 12.6. The average Bonchev–Trinajstić information content (AvgIpc) is 4.06. The summed E-state index contributed by atoms with van der Waals surface area (Å²) in [6.45, 7) is -0.579. The van der Waals surface area contributed by atoms with E-state index in [1.54, 1.807) is 6.07 Å². The highest BCUT2D eigenvalue weighted by Gasteiger charge is 2.46. The van der Waals surface area contributed by atoms with Gasteiger partial charge in [0, 0.05) is 48.5 Å². The number of amides is 1. The fraction of sp³-hybridized carbons (Fsp3) is 0.314. The van der Waals surface area contributed by atoms with E-state index in [1.165, 1.54) is 43.0 Å². The standard InChI is InChI=1S/C18H15F4N3O2.C17H12F4N4O/c19-12-2-1-11(5-13(12)20)18(3-4-18)6-15-23-7-10(8-24-15)14(26)9-25-17(27)16(21)22;18-11-2-1-10(5-12(11)19)17(3-4-17)6-13-22-7-9(8-23-13)15-24-25-16(26-15)14(20)21/h1-2,5,7-8,16H,3-4,6,9H2,(H,25,27);1-2,5,7-8,14H,3-4,6H2. The van der Waals surface area contributed by atoms with Crippen LogP contribution in [0.3, 0.4) is 0 Å². The van der Waals surface area contributed by atoms with Gasteiger partial charge in [-0.2, -0.15) is 17.6 Å².